The van der Waals surface area contributed by atoms with Crippen molar-refractivity contribution in [2.45, 2.75) is 51.5 Å². The van der Waals surface area contributed by atoms with Crippen LogP contribution in [0.25, 0.3) is 5.78 Å². The Morgan fingerprint density at radius 2 is 2.07 bits per heavy atom. The molecule has 0 spiro atoms. The quantitative estimate of drug-likeness (QED) is 0.646. The number of pyridine rings is 1. The van der Waals surface area contributed by atoms with Crippen LogP contribution >= 0.6 is 0 Å². The summed E-state index contributed by atoms with van der Waals surface area (Å²) in [6.45, 7) is 3.92. The fourth-order valence-corrected chi connectivity index (χ4v) is 4.06. The van der Waals surface area contributed by atoms with Crippen molar-refractivity contribution in [3.8, 4) is 0 Å². The third kappa shape index (κ3) is 3.61. The molecule has 158 valence electrons. The lowest BCUT2D eigenvalue weighted by molar-refractivity contribution is 0.0571. The first-order valence-corrected chi connectivity index (χ1v) is 9.80. The van der Waals surface area contributed by atoms with Gasteiger partial charge in [0, 0.05) is 24.2 Å². The van der Waals surface area contributed by atoms with Crippen LogP contribution in [-0.4, -0.2) is 48.0 Å². The van der Waals surface area contributed by atoms with Gasteiger partial charge < -0.3 is 4.90 Å². The zero-order valence-corrected chi connectivity index (χ0v) is 16.6. The number of amides is 1. The third-order valence-corrected chi connectivity index (χ3v) is 5.60. The van der Waals surface area contributed by atoms with Crippen LogP contribution in [0.5, 0.6) is 0 Å². The lowest BCUT2D eigenvalue weighted by atomic mass is 9.88. The van der Waals surface area contributed by atoms with Crippen LogP contribution < -0.4 is 0 Å². The minimum atomic E-state index is -2.75. The summed E-state index contributed by atoms with van der Waals surface area (Å²) in [6.07, 6.45) is 1.62. The summed E-state index contributed by atoms with van der Waals surface area (Å²) in [5.74, 6) is -1.26. The zero-order valence-electron chi connectivity index (χ0n) is 16.6. The van der Waals surface area contributed by atoms with Crippen molar-refractivity contribution < 1.29 is 18.0 Å². The standard InChI is InChI=1S/C20H21F3N6O/c1-3-13-5-4-12(9-28(13)19(30)14-6-11(2)24-8-15(14)21)17-7-16(18(22)23)27-20-25-10-26-29(17)20/h6-8,10,12-13,18H,3-5,9H2,1-2H3/t12-,13?/m1/s1. The number of nitrogens with zero attached hydrogens (tertiary/aromatic N) is 6. The molecule has 1 aliphatic heterocycles. The third-order valence-electron chi connectivity index (χ3n) is 5.60. The van der Waals surface area contributed by atoms with Gasteiger partial charge in [-0.05, 0) is 38.3 Å². The number of aryl methyl sites for hydroxylation is 1. The Hall–Kier alpha value is -3.04. The van der Waals surface area contributed by atoms with Crippen molar-refractivity contribution in [2.24, 2.45) is 0 Å². The van der Waals surface area contributed by atoms with Gasteiger partial charge in [-0.3, -0.25) is 9.78 Å². The van der Waals surface area contributed by atoms with Gasteiger partial charge in [-0.2, -0.15) is 10.1 Å². The Kier molecular flexibility index (Phi) is 5.40. The molecule has 4 heterocycles. The second-order valence-electron chi connectivity index (χ2n) is 7.48. The highest BCUT2D eigenvalue weighted by atomic mass is 19.3. The van der Waals surface area contributed by atoms with Crippen molar-refractivity contribution in [3.63, 3.8) is 0 Å². The molecule has 30 heavy (non-hydrogen) atoms. The van der Waals surface area contributed by atoms with E-state index in [4.69, 9.17) is 0 Å². The van der Waals surface area contributed by atoms with Gasteiger partial charge in [-0.25, -0.2) is 22.7 Å². The van der Waals surface area contributed by atoms with E-state index in [1.807, 2.05) is 6.92 Å². The Labute approximate surface area is 171 Å². The van der Waals surface area contributed by atoms with E-state index in [2.05, 4.69) is 20.1 Å². The van der Waals surface area contributed by atoms with Gasteiger partial charge in [-0.1, -0.05) is 6.92 Å². The van der Waals surface area contributed by atoms with Crippen LogP contribution in [0, 0.1) is 12.7 Å². The van der Waals surface area contributed by atoms with Gasteiger partial charge in [-0.15, -0.1) is 0 Å². The number of halogens is 3. The fourth-order valence-electron chi connectivity index (χ4n) is 4.06. The van der Waals surface area contributed by atoms with Crippen molar-refractivity contribution in [1.29, 1.82) is 0 Å². The molecule has 10 heteroatoms. The van der Waals surface area contributed by atoms with Gasteiger partial charge in [0.2, 0.25) is 0 Å². The number of alkyl halides is 2. The van der Waals surface area contributed by atoms with E-state index in [0.717, 1.165) is 6.20 Å². The van der Waals surface area contributed by atoms with Crippen molar-refractivity contribution in [1.82, 2.24) is 29.5 Å². The molecule has 0 saturated carbocycles. The van der Waals surface area contributed by atoms with E-state index >= 15 is 0 Å². The van der Waals surface area contributed by atoms with Crippen LogP contribution in [0.3, 0.4) is 0 Å². The zero-order chi connectivity index (χ0) is 21.4. The number of hydrogen-bond donors (Lipinski definition) is 0. The lowest BCUT2D eigenvalue weighted by Crippen LogP contribution is -2.46. The van der Waals surface area contributed by atoms with Gasteiger partial charge in [0.1, 0.15) is 12.0 Å². The maximum absolute atomic E-state index is 14.3. The summed E-state index contributed by atoms with van der Waals surface area (Å²) in [5.41, 5.74) is 0.653. The van der Waals surface area contributed by atoms with E-state index in [-0.39, 0.29) is 35.5 Å². The molecule has 0 aromatic carbocycles. The van der Waals surface area contributed by atoms with Crippen LogP contribution in [-0.2, 0) is 0 Å². The molecule has 1 saturated heterocycles. The Morgan fingerprint density at radius 3 is 2.80 bits per heavy atom. The summed E-state index contributed by atoms with van der Waals surface area (Å²) in [4.78, 5) is 26.5. The van der Waals surface area contributed by atoms with Crippen LogP contribution in [0.4, 0.5) is 13.2 Å². The number of piperidine rings is 1. The van der Waals surface area contributed by atoms with E-state index in [0.29, 0.717) is 30.7 Å². The highest BCUT2D eigenvalue weighted by Crippen LogP contribution is 2.33. The number of aromatic nitrogens is 5. The lowest BCUT2D eigenvalue weighted by Gasteiger charge is -2.39. The Balaban J connectivity index is 1.71. The second-order valence-corrected chi connectivity index (χ2v) is 7.48. The molecule has 0 radical (unpaired) electrons. The van der Waals surface area contributed by atoms with Crippen LogP contribution in [0.1, 0.15) is 66.0 Å². The highest BCUT2D eigenvalue weighted by Gasteiger charge is 2.34. The summed E-state index contributed by atoms with van der Waals surface area (Å²) < 4.78 is 42.4. The van der Waals surface area contributed by atoms with E-state index in [1.54, 1.807) is 11.8 Å². The van der Waals surface area contributed by atoms with Crippen molar-refractivity contribution in [3.05, 3.63) is 53.1 Å². The smallest absolute Gasteiger partial charge is 0.280 e. The monoisotopic (exact) mass is 418 g/mol. The number of hydrogen-bond acceptors (Lipinski definition) is 5. The van der Waals surface area contributed by atoms with Crippen LogP contribution in [0.2, 0.25) is 0 Å². The minimum absolute atomic E-state index is 0.0319. The summed E-state index contributed by atoms with van der Waals surface area (Å²) >= 11 is 0. The highest BCUT2D eigenvalue weighted by molar-refractivity contribution is 5.94. The van der Waals surface area contributed by atoms with Gasteiger partial charge >= 0.3 is 0 Å². The second kappa shape index (κ2) is 8.00. The molecular formula is C20H21F3N6O. The first-order valence-electron chi connectivity index (χ1n) is 9.80. The molecule has 4 rings (SSSR count). The van der Waals surface area contributed by atoms with E-state index < -0.39 is 18.1 Å². The average molecular weight is 418 g/mol. The number of rotatable bonds is 4. The largest absolute Gasteiger partial charge is 0.335 e. The van der Waals surface area contributed by atoms with Crippen molar-refractivity contribution in [2.75, 3.05) is 6.54 Å². The molecule has 0 N–H and O–H groups in total. The van der Waals surface area contributed by atoms with Crippen LogP contribution in [0.15, 0.2) is 24.7 Å². The average Bonchev–Trinajstić information content (AvgIpc) is 3.22. The topological polar surface area (TPSA) is 76.3 Å². The number of carbonyl (C=O) groups is 1. The molecule has 0 bridgehead atoms. The molecule has 3 aromatic heterocycles. The predicted molar refractivity (Wildman–Crippen MR) is 102 cm³/mol. The van der Waals surface area contributed by atoms with Gasteiger partial charge in [0.15, 0.2) is 5.82 Å². The molecule has 1 unspecified atom stereocenters. The van der Waals surface area contributed by atoms with E-state index in [1.165, 1.54) is 23.0 Å². The summed E-state index contributed by atoms with van der Waals surface area (Å²) in [5, 5.41) is 4.11. The SMILES string of the molecule is CCC1CC[C@@H](c2cc(C(F)F)nc3ncnn23)CN1C(=O)c1cc(C)ncc1F. The fraction of sp³-hybridized carbons (Fsp3) is 0.450. The molecule has 3 aromatic rings. The maximum atomic E-state index is 14.3. The number of carbonyl (C=O) groups excluding carboxylic acids is 1. The van der Waals surface area contributed by atoms with Gasteiger partial charge in [0.05, 0.1) is 17.5 Å². The molecule has 1 fully saturated rings. The summed E-state index contributed by atoms with van der Waals surface area (Å²) in [6, 6.07) is 2.69. The number of fused-ring (bicyclic) bond motifs is 1. The predicted octanol–water partition coefficient (Wildman–Crippen LogP) is 3.70. The van der Waals surface area contributed by atoms with Gasteiger partial charge in [0.25, 0.3) is 18.1 Å². The van der Waals surface area contributed by atoms with E-state index in [9.17, 15) is 18.0 Å². The molecule has 2 atom stereocenters. The number of likely N-dealkylation sites (tertiary alicyclic amines) is 1. The molecular weight excluding hydrogens is 397 g/mol. The molecule has 0 aliphatic carbocycles. The Morgan fingerprint density at radius 1 is 1.27 bits per heavy atom. The summed E-state index contributed by atoms with van der Waals surface area (Å²) in [7, 11) is 0. The first kappa shape index (κ1) is 20.2. The van der Waals surface area contributed by atoms with Crippen molar-refractivity contribution >= 4 is 11.7 Å². The molecule has 7 nitrogen and oxygen atoms in total. The molecule has 1 aliphatic rings. The normalized spacial score (nSPS) is 19.6. The molecule has 1 amide bonds. The maximum Gasteiger partial charge on any atom is 0.280 e. The Bertz CT molecular complexity index is 1090. The first-order chi connectivity index (χ1) is 14.4. The minimum Gasteiger partial charge on any atom is -0.335 e.